The standard InChI is InChI=1S/C14H15F2NO2S/c1-9(10-5-6-20-8-10)17-11-3-4-12(18-2)13(7-11)19-14(15)16/h3-9,14,17H,1-2H3. The molecular weight excluding hydrogens is 284 g/mol. The highest BCUT2D eigenvalue weighted by atomic mass is 32.1. The highest BCUT2D eigenvalue weighted by Crippen LogP contribution is 2.32. The number of nitrogens with one attached hydrogen (secondary N) is 1. The van der Waals surface area contributed by atoms with Gasteiger partial charge in [0.15, 0.2) is 11.5 Å². The summed E-state index contributed by atoms with van der Waals surface area (Å²) >= 11 is 1.61. The maximum Gasteiger partial charge on any atom is 0.387 e. The van der Waals surface area contributed by atoms with Gasteiger partial charge in [-0.05, 0) is 41.4 Å². The van der Waals surface area contributed by atoms with Crippen LogP contribution in [0.2, 0.25) is 0 Å². The second-order valence-corrected chi connectivity index (χ2v) is 4.95. The smallest absolute Gasteiger partial charge is 0.387 e. The van der Waals surface area contributed by atoms with Gasteiger partial charge in [-0.15, -0.1) is 0 Å². The summed E-state index contributed by atoms with van der Waals surface area (Å²) in [5, 5.41) is 7.27. The molecule has 0 fully saturated rings. The van der Waals surface area contributed by atoms with Crippen LogP contribution in [-0.4, -0.2) is 13.7 Å². The Morgan fingerprint density at radius 1 is 1.20 bits per heavy atom. The molecule has 2 rings (SSSR count). The number of alkyl halides is 2. The molecule has 20 heavy (non-hydrogen) atoms. The first-order valence-electron chi connectivity index (χ1n) is 6.01. The fourth-order valence-electron chi connectivity index (χ4n) is 1.81. The van der Waals surface area contributed by atoms with E-state index in [0.717, 1.165) is 5.56 Å². The van der Waals surface area contributed by atoms with Crippen LogP contribution in [-0.2, 0) is 0 Å². The molecule has 1 atom stereocenters. The average molecular weight is 299 g/mol. The van der Waals surface area contributed by atoms with Gasteiger partial charge >= 0.3 is 6.61 Å². The van der Waals surface area contributed by atoms with Crippen LogP contribution in [0.3, 0.4) is 0 Å². The van der Waals surface area contributed by atoms with Gasteiger partial charge in [-0.3, -0.25) is 0 Å². The van der Waals surface area contributed by atoms with E-state index >= 15 is 0 Å². The molecular formula is C14H15F2NO2S. The Morgan fingerprint density at radius 3 is 2.60 bits per heavy atom. The van der Waals surface area contributed by atoms with Crippen molar-refractivity contribution in [2.75, 3.05) is 12.4 Å². The summed E-state index contributed by atoms with van der Waals surface area (Å²) in [6, 6.07) is 6.96. The Labute approximate surface area is 120 Å². The molecule has 0 amide bonds. The van der Waals surface area contributed by atoms with Gasteiger partial charge in [-0.1, -0.05) is 0 Å². The summed E-state index contributed by atoms with van der Waals surface area (Å²) in [7, 11) is 1.41. The van der Waals surface area contributed by atoms with Crippen molar-refractivity contribution in [3.8, 4) is 11.5 Å². The second kappa shape index (κ2) is 6.56. The maximum atomic E-state index is 12.4. The number of hydrogen-bond donors (Lipinski definition) is 1. The molecule has 3 nitrogen and oxygen atoms in total. The van der Waals surface area contributed by atoms with Crippen LogP contribution in [0.5, 0.6) is 11.5 Å². The molecule has 1 aromatic heterocycles. The van der Waals surface area contributed by atoms with Crippen molar-refractivity contribution < 1.29 is 18.3 Å². The van der Waals surface area contributed by atoms with Crippen molar-refractivity contribution in [1.29, 1.82) is 0 Å². The summed E-state index contributed by atoms with van der Waals surface area (Å²) < 4.78 is 34.2. The number of methoxy groups -OCH3 is 1. The van der Waals surface area contributed by atoms with Crippen molar-refractivity contribution in [2.45, 2.75) is 19.6 Å². The number of anilines is 1. The maximum absolute atomic E-state index is 12.4. The average Bonchev–Trinajstić information content (AvgIpc) is 2.92. The van der Waals surface area contributed by atoms with Gasteiger partial charge in [0.2, 0.25) is 0 Å². The van der Waals surface area contributed by atoms with Crippen molar-refractivity contribution >= 4 is 17.0 Å². The molecule has 0 radical (unpaired) electrons. The van der Waals surface area contributed by atoms with E-state index < -0.39 is 6.61 Å². The van der Waals surface area contributed by atoms with Crippen LogP contribution in [0.15, 0.2) is 35.0 Å². The van der Waals surface area contributed by atoms with E-state index in [4.69, 9.17) is 4.74 Å². The largest absolute Gasteiger partial charge is 0.493 e. The molecule has 0 spiro atoms. The molecule has 2 aromatic rings. The lowest BCUT2D eigenvalue weighted by Crippen LogP contribution is -2.07. The molecule has 1 aromatic carbocycles. The van der Waals surface area contributed by atoms with E-state index in [1.807, 2.05) is 23.8 Å². The molecule has 0 saturated heterocycles. The minimum atomic E-state index is -2.88. The molecule has 1 unspecified atom stereocenters. The van der Waals surface area contributed by atoms with E-state index in [1.54, 1.807) is 23.5 Å². The number of rotatable bonds is 6. The summed E-state index contributed by atoms with van der Waals surface area (Å²) in [5.74, 6) is 0.295. The van der Waals surface area contributed by atoms with Gasteiger partial charge < -0.3 is 14.8 Å². The Balaban J connectivity index is 2.16. The highest BCUT2D eigenvalue weighted by Gasteiger charge is 2.12. The van der Waals surface area contributed by atoms with Crippen LogP contribution in [0.25, 0.3) is 0 Å². The van der Waals surface area contributed by atoms with Gasteiger partial charge in [-0.2, -0.15) is 20.1 Å². The molecule has 1 heterocycles. The van der Waals surface area contributed by atoms with Gasteiger partial charge in [0.05, 0.1) is 7.11 Å². The van der Waals surface area contributed by atoms with Crippen LogP contribution in [0, 0.1) is 0 Å². The number of ether oxygens (including phenoxy) is 2. The Morgan fingerprint density at radius 2 is 2.00 bits per heavy atom. The Kier molecular flexibility index (Phi) is 4.79. The third-order valence-corrected chi connectivity index (χ3v) is 3.51. The first kappa shape index (κ1) is 14.6. The SMILES string of the molecule is COc1ccc(NC(C)c2ccsc2)cc1OC(F)F. The molecule has 6 heteroatoms. The van der Waals surface area contributed by atoms with Crippen LogP contribution < -0.4 is 14.8 Å². The summed E-state index contributed by atoms with van der Waals surface area (Å²) in [6.07, 6.45) is 0. The summed E-state index contributed by atoms with van der Waals surface area (Å²) in [5.41, 5.74) is 1.84. The Hall–Kier alpha value is -1.82. The monoisotopic (exact) mass is 299 g/mol. The minimum Gasteiger partial charge on any atom is -0.493 e. The van der Waals surface area contributed by atoms with Crippen molar-refractivity contribution in [1.82, 2.24) is 0 Å². The van der Waals surface area contributed by atoms with Crippen LogP contribution in [0.4, 0.5) is 14.5 Å². The predicted octanol–water partition coefficient (Wildman–Crippen LogP) is 4.53. The first-order valence-corrected chi connectivity index (χ1v) is 6.96. The zero-order chi connectivity index (χ0) is 14.5. The predicted molar refractivity (Wildman–Crippen MR) is 76.0 cm³/mol. The Bertz CT molecular complexity index is 546. The van der Waals surface area contributed by atoms with Gasteiger partial charge in [0, 0.05) is 17.8 Å². The topological polar surface area (TPSA) is 30.5 Å². The fourth-order valence-corrected chi connectivity index (χ4v) is 2.56. The molecule has 0 saturated carbocycles. The van der Waals surface area contributed by atoms with E-state index in [1.165, 1.54) is 13.2 Å². The van der Waals surface area contributed by atoms with E-state index in [2.05, 4.69) is 10.1 Å². The summed E-state index contributed by atoms with van der Waals surface area (Å²) in [6.45, 7) is -0.881. The first-order chi connectivity index (χ1) is 9.60. The number of hydrogen-bond acceptors (Lipinski definition) is 4. The van der Waals surface area contributed by atoms with E-state index in [0.29, 0.717) is 5.69 Å². The molecule has 108 valence electrons. The number of benzene rings is 1. The molecule has 1 N–H and O–H groups in total. The third-order valence-electron chi connectivity index (χ3n) is 2.81. The molecule has 0 aliphatic heterocycles. The zero-order valence-corrected chi connectivity index (χ0v) is 11.9. The zero-order valence-electron chi connectivity index (χ0n) is 11.1. The third kappa shape index (κ3) is 3.60. The van der Waals surface area contributed by atoms with E-state index in [-0.39, 0.29) is 17.5 Å². The lowest BCUT2D eigenvalue weighted by Gasteiger charge is -2.16. The number of halogens is 2. The normalized spacial score (nSPS) is 12.2. The van der Waals surface area contributed by atoms with Gasteiger partial charge in [-0.25, -0.2) is 0 Å². The quantitative estimate of drug-likeness (QED) is 0.850. The highest BCUT2D eigenvalue weighted by molar-refractivity contribution is 7.07. The van der Waals surface area contributed by atoms with Crippen molar-refractivity contribution in [3.05, 3.63) is 40.6 Å². The van der Waals surface area contributed by atoms with Crippen molar-refractivity contribution in [2.24, 2.45) is 0 Å². The van der Waals surface area contributed by atoms with E-state index in [9.17, 15) is 8.78 Å². The van der Waals surface area contributed by atoms with Gasteiger partial charge in [0.25, 0.3) is 0 Å². The van der Waals surface area contributed by atoms with Gasteiger partial charge in [0.1, 0.15) is 0 Å². The lowest BCUT2D eigenvalue weighted by molar-refractivity contribution is -0.0511. The fraction of sp³-hybridized carbons (Fsp3) is 0.286. The second-order valence-electron chi connectivity index (χ2n) is 4.17. The van der Waals surface area contributed by atoms with Crippen molar-refractivity contribution in [3.63, 3.8) is 0 Å². The molecule has 0 aliphatic rings. The molecule has 0 aliphatic carbocycles. The number of thiophene rings is 1. The lowest BCUT2D eigenvalue weighted by atomic mass is 10.1. The summed E-state index contributed by atoms with van der Waals surface area (Å²) in [4.78, 5) is 0. The van der Waals surface area contributed by atoms with Crippen LogP contribution >= 0.6 is 11.3 Å². The molecule has 0 bridgehead atoms. The minimum absolute atomic E-state index is 0.0185. The van der Waals surface area contributed by atoms with Crippen LogP contribution in [0.1, 0.15) is 18.5 Å².